The van der Waals surface area contributed by atoms with Crippen LogP contribution in [0.3, 0.4) is 0 Å². The first kappa shape index (κ1) is 20.1. The Kier molecular flexibility index (Phi) is 5.35. The van der Waals surface area contributed by atoms with E-state index in [-0.39, 0.29) is 22.6 Å². The third-order valence-electron chi connectivity index (χ3n) is 3.78. The van der Waals surface area contributed by atoms with Crippen LogP contribution in [0.5, 0.6) is 5.75 Å². The highest BCUT2D eigenvalue weighted by molar-refractivity contribution is 6.04. The van der Waals surface area contributed by atoms with E-state index in [1.165, 1.54) is 24.5 Å². The van der Waals surface area contributed by atoms with Gasteiger partial charge in [-0.2, -0.15) is 13.2 Å². The number of carbonyl (C=O) groups excluding carboxylic acids is 2. The molecular formula is C19H13F4N3O3. The number of amides is 1. The fourth-order valence-corrected chi connectivity index (χ4v) is 2.56. The zero-order valence-electron chi connectivity index (χ0n) is 14.8. The number of ether oxygens (including phenoxy) is 1. The molecule has 0 aliphatic rings. The van der Waals surface area contributed by atoms with E-state index in [2.05, 4.69) is 20.0 Å². The number of hydrogen-bond acceptors (Lipinski definition) is 4. The first-order valence-corrected chi connectivity index (χ1v) is 8.15. The van der Waals surface area contributed by atoms with Crippen LogP contribution in [0.2, 0.25) is 0 Å². The quantitative estimate of drug-likeness (QED) is 0.381. The van der Waals surface area contributed by atoms with E-state index in [1.807, 2.05) is 0 Å². The summed E-state index contributed by atoms with van der Waals surface area (Å²) >= 11 is 0. The van der Waals surface area contributed by atoms with E-state index in [0.717, 1.165) is 31.2 Å². The molecule has 150 valence electrons. The van der Waals surface area contributed by atoms with E-state index < -0.39 is 35.2 Å². The van der Waals surface area contributed by atoms with Gasteiger partial charge in [-0.25, -0.2) is 9.37 Å². The van der Waals surface area contributed by atoms with Gasteiger partial charge in [-0.1, -0.05) is 0 Å². The van der Waals surface area contributed by atoms with Crippen molar-refractivity contribution in [2.45, 2.75) is 13.1 Å². The predicted molar refractivity (Wildman–Crippen MR) is 94.7 cm³/mol. The smallest absolute Gasteiger partial charge is 0.417 e. The van der Waals surface area contributed by atoms with Crippen molar-refractivity contribution in [3.05, 3.63) is 65.7 Å². The van der Waals surface area contributed by atoms with E-state index in [1.54, 1.807) is 0 Å². The lowest BCUT2D eigenvalue weighted by Gasteiger charge is -2.14. The molecule has 0 unspecified atom stereocenters. The van der Waals surface area contributed by atoms with Crippen LogP contribution in [0, 0.1) is 5.82 Å². The number of hydrogen-bond donors (Lipinski definition) is 2. The highest BCUT2D eigenvalue weighted by atomic mass is 19.4. The number of aromatic amines is 1. The molecule has 0 aliphatic carbocycles. The summed E-state index contributed by atoms with van der Waals surface area (Å²) < 4.78 is 58.7. The van der Waals surface area contributed by atoms with Gasteiger partial charge in [0.05, 0.1) is 5.56 Å². The molecule has 2 N–H and O–H groups in total. The number of nitrogens with zero attached hydrogens (tertiary/aromatic N) is 1. The molecule has 3 aromatic rings. The van der Waals surface area contributed by atoms with Gasteiger partial charge in [0, 0.05) is 36.1 Å². The number of imidazole rings is 1. The molecule has 0 radical (unpaired) electrons. The van der Waals surface area contributed by atoms with Gasteiger partial charge < -0.3 is 15.0 Å². The standard InChI is InChI=1S/C19H13F4N3O3/c1-10(27)29-16-8-11(2-5-15(16)20)18(28)26-12-3-4-13(17-24-6-7-25-17)14(9-12)19(21,22)23/h2-9H,1H3,(H,24,25)(H,26,28). The summed E-state index contributed by atoms with van der Waals surface area (Å²) in [5.74, 6) is -2.89. The number of alkyl halides is 3. The molecule has 3 rings (SSSR count). The van der Waals surface area contributed by atoms with Crippen molar-refractivity contribution in [3.63, 3.8) is 0 Å². The highest BCUT2D eigenvalue weighted by Gasteiger charge is 2.34. The Morgan fingerprint density at radius 3 is 2.52 bits per heavy atom. The molecule has 29 heavy (non-hydrogen) atoms. The van der Waals surface area contributed by atoms with E-state index in [9.17, 15) is 27.2 Å². The van der Waals surface area contributed by atoms with Crippen LogP contribution in [-0.4, -0.2) is 21.8 Å². The van der Waals surface area contributed by atoms with Crippen LogP contribution >= 0.6 is 0 Å². The Morgan fingerprint density at radius 1 is 1.14 bits per heavy atom. The Bertz CT molecular complexity index is 1060. The lowest BCUT2D eigenvalue weighted by Crippen LogP contribution is -2.14. The number of rotatable bonds is 4. The molecule has 0 atom stereocenters. The molecule has 1 aromatic heterocycles. The second kappa shape index (κ2) is 7.74. The maximum Gasteiger partial charge on any atom is 0.417 e. The molecule has 0 saturated heterocycles. The maximum atomic E-state index is 13.6. The summed E-state index contributed by atoms with van der Waals surface area (Å²) in [6.07, 6.45) is -1.98. The van der Waals surface area contributed by atoms with Crippen molar-refractivity contribution in [2.75, 3.05) is 5.32 Å². The average molecular weight is 407 g/mol. The van der Waals surface area contributed by atoms with Gasteiger partial charge in [0.2, 0.25) is 0 Å². The van der Waals surface area contributed by atoms with Crippen LogP contribution in [0.15, 0.2) is 48.8 Å². The number of aromatic nitrogens is 2. The van der Waals surface area contributed by atoms with Gasteiger partial charge in [-0.15, -0.1) is 0 Å². The molecule has 0 spiro atoms. The molecule has 0 saturated carbocycles. The summed E-state index contributed by atoms with van der Waals surface area (Å²) in [7, 11) is 0. The molecule has 1 heterocycles. The minimum Gasteiger partial charge on any atom is -0.424 e. The first-order valence-electron chi connectivity index (χ1n) is 8.15. The third-order valence-corrected chi connectivity index (χ3v) is 3.78. The molecule has 10 heteroatoms. The fraction of sp³-hybridized carbons (Fsp3) is 0.105. The Hall–Kier alpha value is -3.69. The molecule has 0 bridgehead atoms. The van der Waals surface area contributed by atoms with Crippen LogP contribution in [0.1, 0.15) is 22.8 Å². The van der Waals surface area contributed by atoms with Crippen LogP contribution in [0.4, 0.5) is 23.2 Å². The van der Waals surface area contributed by atoms with Crippen LogP contribution in [0.25, 0.3) is 11.4 Å². The van der Waals surface area contributed by atoms with Crippen molar-refractivity contribution in [1.82, 2.24) is 9.97 Å². The highest BCUT2D eigenvalue weighted by Crippen LogP contribution is 2.37. The van der Waals surface area contributed by atoms with Gasteiger partial charge in [0.25, 0.3) is 5.91 Å². The second-order valence-electron chi connectivity index (χ2n) is 5.89. The Balaban J connectivity index is 1.90. The third kappa shape index (κ3) is 4.60. The van der Waals surface area contributed by atoms with Gasteiger partial charge in [-0.3, -0.25) is 9.59 Å². The van der Waals surface area contributed by atoms with E-state index >= 15 is 0 Å². The molecule has 1 amide bonds. The van der Waals surface area contributed by atoms with Gasteiger partial charge in [-0.05, 0) is 36.4 Å². The van der Waals surface area contributed by atoms with Crippen molar-refractivity contribution in [2.24, 2.45) is 0 Å². The summed E-state index contributed by atoms with van der Waals surface area (Å²) in [5.41, 5.74) is -1.41. The molecule has 6 nitrogen and oxygen atoms in total. The second-order valence-corrected chi connectivity index (χ2v) is 5.89. The van der Waals surface area contributed by atoms with Gasteiger partial charge in [0.1, 0.15) is 5.82 Å². The van der Waals surface area contributed by atoms with Crippen molar-refractivity contribution in [1.29, 1.82) is 0 Å². The van der Waals surface area contributed by atoms with Crippen molar-refractivity contribution in [3.8, 4) is 17.1 Å². The number of benzene rings is 2. The number of H-pyrrole nitrogens is 1. The fourth-order valence-electron chi connectivity index (χ4n) is 2.56. The zero-order valence-corrected chi connectivity index (χ0v) is 14.8. The summed E-state index contributed by atoms with van der Waals surface area (Å²) in [5, 5.41) is 2.31. The monoisotopic (exact) mass is 407 g/mol. The number of esters is 1. The van der Waals surface area contributed by atoms with Crippen molar-refractivity contribution < 1.29 is 31.9 Å². The Labute approximate surface area is 161 Å². The van der Waals surface area contributed by atoms with E-state index in [4.69, 9.17) is 0 Å². The van der Waals surface area contributed by atoms with Gasteiger partial charge >= 0.3 is 12.1 Å². The predicted octanol–water partition coefficient (Wildman–Crippen LogP) is 4.41. The van der Waals surface area contributed by atoms with E-state index in [0.29, 0.717) is 0 Å². The zero-order chi connectivity index (χ0) is 21.2. The average Bonchev–Trinajstić information content (AvgIpc) is 3.17. The normalized spacial score (nSPS) is 11.2. The topological polar surface area (TPSA) is 84.1 Å². The molecule has 0 fully saturated rings. The summed E-state index contributed by atoms with van der Waals surface area (Å²) in [4.78, 5) is 29.8. The van der Waals surface area contributed by atoms with Crippen molar-refractivity contribution >= 4 is 17.6 Å². The largest absolute Gasteiger partial charge is 0.424 e. The summed E-state index contributed by atoms with van der Waals surface area (Å²) in [6, 6.07) is 6.22. The number of nitrogens with one attached hydrogen (secondary N) is 2. The first-order chi connectivity index (χ1) is 13.6. The number of anilines is 1. The SMILES string of the molecule is CC(=O)Oc1cc(C(=O)Nc2ccc(-c3ncc[nH]3)c(C(F)(F)F)c2)ccc1F. The van der Waals surface area contributed by atoms with Gasteiger partial charge in [0.15, 0.2) is 11.6 Å². The minimum atomic E-state index is -4.69. The molecule has 0 aliphatic heterocycles. The van der Waals surface area contributed by atoms with Crippen LogP contribution in [-0.2, 0) is 11.0 Å². The number of carbonyl (C=O) groups is 2. The lowest BCUT2D eigenvalue weighted by atomic mass is 10.0. The lowest BCUT2D eigenvalue weighted by molar-refractivity contribution is -0.137. The minimum absolute atomic E-state index is 0.0276. The number of halogens is 4. The van der Waals surface area contributed by atoms with Crippen LogP contribution < -0.4 is 10.1 Å². The molecular weight excluding hydrogens is 394 g/mol. The summed E-state index contributed by atoms with van der Waals surface area (Å²) in [6.45, 7) is 1.06. The maximum absolute atomic E-state index is 13.6. The Morgan fingerprint density at radius 2 is 1.90 bits per heavy atom. The molecule has 2 aromatic carbocycles.